The molecular weight excluding hydrogens is 317 g/mol. The third-order valence-electron chi connectivity index (χ3n) is 3.25. The van der Waals surface area contributed by atoms with Crippen LogP contribution in [0.5, 0.6) is 0 Å². The molecular formula is C13H17BrFNOS. The second kappa shape index (κ2) is 5.90. The van der Waals surface area contributed by atoms with Crippen LogP contribution in [-0.4, -0.2) is 28.8 Å². The van der Waals surface area contributed by atoms with Gasteiger partial charge in [0.2, 0.25) is 0 Å². The van der Waals surface area contributed by atoms with Gasteiger partial charge in [0.15, 0.2) is 0 Å². The third kappa shape index (κ3) is 3.47. The van der Waals surface area contributed by atoms with Crippen molar-refractivity contribution in [2.75, 3.05) is 18.1 Å². The van der Waals surface area contributed by atoms with E-state index in [2.05, 4.69) is 21.2 Å². The van der Waals surface area contributed by atoms with Crippen molar-refractivity contribution in [1.82, 2.24) is 5.32 Å². The van der Waals surface area contributed by atoms with E-state index in [9.17, 15) is 9.50 Å². The van der Waals surface area contributed by atoms with Crippen molar-refractivity contribution < 1.29 is 9.50 Å². The zero-order chi connectivity index (χ0) is 13.2. The molecule has 5 heteroatoms. The Labute approximate surface area is 119 Å². The van der Waals surface area contributed by atoms with Gasteiger partial charge in [0, 0.05) is 28.4 Å². The molecule has 0 saturated carbocycles. The molecule has 18 heavy (non-hydrogen) atoms. The third-order valence-corrected chi connectivity index (χ3v) is 4.98. The molecule has 100 valence electrons. The number of aliphatic hydroxyl groups is 1. The topological polar surface area (TPSA) is 32.3 Å². The Hall–Kier alpha value is -0.100. The van der Waals surface area contributed by atoms with Crippen LogP contribution in [0.2, 0.25) is 0 Å². The highest BCUT2D eigenvalue weighted by Gasteiger charge is 2.31. The largest absolute Gasteiger partial charge is 0.388 e. The van der Waals surface area contributed by atoms with Crippen LogP contribution < -0.4 is 5.32 Å². The molecule has 2 N–H and O–H groups in total. The quantitative estimate of drug-likeness (QED) is 0.887. The van der Waals surface area contributed by atoms with Gasteiger partial charge < -0.3 is 10.4 Å². The first-order valence-electron chi connectivity index (χ1n) is 5.99. The molecule has 0 bridgehead atoms. The summed E-state index contributed by atoms with van der Waals surface area (Å²) in [5.74, 6) is 1.53. The first-order valence-corrected chi connectivity index (χ1v) is 7.93. The van der Waals surface area contributed by atoms with Crippen molar-refractivity contribution in [2.45, 2.75) is 25.0 Å². The van der Waals surface area contributed by atoms with E-state index in [0.29, 0.717) is 12.1 Å². The molecule has 0 amide bonds. The SMILES string of the molecule is C[C@H](NC[C@]1(O)CCSC1)c1ccc(Br)cc1F. The summed E-state index contributed by atoms with van der Waals surface area (Å²) in [6, 6.07) is 4.96. The van der Waals surface area contributed by atoms with Gasteiger partial charge in [-0.1, -0.05) is 22.0 Å². The van der Waals surface area contributed by atoms with Crippen LogP contribution in [0.3, 0.4) is 0 Å². The highest BCUT2D eigenvalue weighted by molar-refractivity contribution is 9.10. The number of thioether (sulfide) groups is 1. The maximum absolute atomic E-state index is 13.8. The van der Waals surface area contributed by atoms with Gasteiger partial charge in [-0.05, 0) is 31.2 Å². The molecule has 1 aliphatic rings. The maximum Gasteiger partial charge on any atom is 0.129 e. The summed E-state index contributed by atoms with van der Waals surface area (Å²) in [4.78, 5) is 0. The lowest BCUT2D eigenvalue weighted by atomic mass is 10.0. The summed E-state index contributed by atoms with van der Waals surface area (Å²) in [5.41, 5.74) is -0.00226. The molecule has 0 unspecified atom stereocenters. The van der Waals surface area contributed by atoms with E-state index in [-0.39, 0.29) is 11.9 Å². The summed E-state index contributed by atoms with van der Waals surface area (Å²) in [6.45, 7) is 2.43. The second-order valence-corrected chi connectivity index (χ2v) is 6.82. The van der Waals surface area contributed by atoms with Crippen molar-refractivity contribution in [3.05, 3.63) is 34.1 Å². The van der Waals surface area contributed by atoms with E-state index in [1.807, 2.05) is 13.0 Å². The molecule has 2 nitrogen and oxygen atoms in total. The van der Waals surface area contributed by atoms with E-state index < -0.39 is 5.60 Å². The first kappa shape index (κ1) is 14.3. The molecule has 0 aromatic heterocycles. The lowest BCUT2D eigenvalue weighted by molar-refractivity contribution is 0.0650. The molecule has 1 saturated heterocycles. The normalized spacial score (nSPS) is 25.3. The summed E-state index contributed by atoms with van der Waals surface area (Å²) in [7, 11) is 0. The van der Waals surface area contributed by atoms with Gasteiger partial charge in [-0.3, -0.25) is 0 Å². The van der Waals surface area contributed by atoms with Gasteiger partial charge in [0.25, 0.3) is 0 Å². The minimum atomic E-state index is -0.634. The molecule has 1 aromatic rings. The van der Waals surface area contributed by atoms with Crippen LogP contribution in [-0.2, 0) is 0 Å². The highest BCUT2D eigenvalue weighted by atomic mass is 79.9. The van der Waals surface area contributed by atoms with Gasteiger partial charge >= 0.3 is 0 Å². The van der Waals surface area contributed by atoms with Crippen molar-refractivity contribution in [2.24, 2.45) is 0 Å². The fourth-order valence-electron chi connectivity index (χ4n) is 2.04. The Morgan fingerprint density at radius 2 is 2.39 bits per heavy atom. The standard InChI is InChI=1S/C13H17BrFNOS/c1-9(11-3-2-10(14)6-12(11)15)16-7-13(17)4-5-18-8-13/h2-3,6,9,16-17H,4-5,7-8H2,1H3/t9-,13+/m0/s1. The number of hydrogen-bond donors (Lipinski definition) is 2. The second-order valence-electron chi connectivity index (χ2n) is 4.80. The minimum Gasteiger partial charge on any atom is -0.388 e. The van der Waals surface area contributed by atoms with Gasteiger partial charge in [0.1, 0.15) is 5.82 Å². The number of rotatable bonds is 4. The molecule has 2 atom stereocenters. The van der Waals surface area contributed by atoms with Gasteiger partial charge in [-0.25, -0.2) is 4.39 Å². The zero-order valence-corrected chi connectivity index (χ0v) is 12.7. The Morgan fingerprint density at radius 3 is 3.00 bits per heavy atom. The van der Waals surface area contributed by atoms with Gasteiger partial charge in [-0.2, -0.15) is 11.8 Å². The average Bonchev–Trinajstić information content (AvgIpc) is 2.74. The molecule has 2 rings (SSSR count). The van der Waals surface area contributed by atoms with Crippen molar-refractivity contribution in [3.8, 4) is 0 Å². The fourth-order valence-corrected chi connectivity index (χ4v) is 3.67. The predicted octanol–water partition coefficient (Wildman–Crippen LogP) is 3.11. The lowest BCUT2D eigenvalue weighted by Crippen LogP contribution is -2.41. The summed E-state index contributed by atoms with van der Waals surface area (Å²) in [5, 5.41) is 13.4. The van der Waals surface area contributed by atoms with Crippen molar-refractivity contribution >= 4 is 27.7 Å². The molecule has 1 fully saturated rings. The molecule has 1 heterocycles. The van der Waals surface area contributed by atoms with Crippen molar-refractivity contribution in [1.29, 1.82) is 0 Å². The van der Waals surface area contributed by atoms with Crippen molar-refractivity contribution in [3.63, 3.8) is 0 Å². The Bertz CT molecular complexity index is 423. The fraction of sp³-hybridized carbons (Fsp3) is 0.538. The number of nitrogens with one attached hydrogen (secondary N) is 1. The number of hydrogen-bond acceptors (Lipinski definition) is 3. The van der Waals surface area contributed by atoms with Gasteiger partial charge in [-0.15, -0.1) is 0 Å². The van der Waals surface area contributed by atoms with Gasteiger partial charge in [0.05, 0.1) is 5.60 Å². The Morgan fingerprint density at radius 1 is 1.61 bits per heavy atom. The highest BCUT2D eigenvalue weighted by Crippen LogP contribution is 2.28. The zero-order valence-electron chi connectivity index (χ0n) is 10.2. The summed E-state index contributed by atoms with van der Waals surface area (Å²) < 4.78 is 14.5. The van der Waals surface area contributed by atoms with Crippen LogP contribution >= 0.6 is 27.7 Å². The minimum absolute atomic E-state index is 0.104. The predicted molar refractivity (Wildman–Crippen MR) is 77.4 cm³/mol. The molecule has 0 radical (unpaired) electrons. The molecule has 0 aliphatic carbocycles. The van der Waals surface area contributed by atoms with E-state index in [0.717, 1.165) is 22.4 Å². The molecule has 1 aliphatic heterocycles. The van der Waals surface area contributed by atoms with Crippen LogP contribution in [0.15, 0.2) is 22.7 Å². The number of benzene rings is 1. The van der Waals surface area contributed by atoms with E-state index in [4.69, 9.17) is 0 Å². The molecule has 1 aromatic carbocycles. The smallest absolute Gasteiger partial charge is 0.129 e. The van der Waals surface area contributed by atoms with Crippen LogP contribution in [0.1, 0.15) is 24.9 Å². The summed E-state index contributed by atoms with van der Waals surface area (Å²) in [6.07, 6.45) is 0.806. The average molecular weight is 334 g/mol. The van der Waals surface area contributed by atoms with E-state index in [1.165, 1.54) is 6.07 Å². The van der Waals surface area contributed by atoms with Crippen LogP contribution in [0, 0.1) is 5.82 Å². The number of halogens is 2. The van der Waals surface area contributed by atoms with E-state index in [1.54, 1.807) is 17.8 Å². The van der Waals surface area contributed by atoms with E-state index >= 15 is 0 Å². The first-order chi connectivity index (χ1) is 8.50. The van der Waals surface area contributed by atoms with Crippen LogP contribution in [0.25, 0.3) is 0 Å². The lowest BCUT2D eigenvalue weighted by Gasteiger charge is -2.25. The summed E-state index contributed by atoms with van der Waals surface area (Å²) >= 11 is 5.01. The Kier molecular flexibility index (Phi) is 4.69. The monoisotopic (exact) mass is 333 g/mol. The molecule has 0 spiro atoms. The van der Waals surface area contributed by atoms with Crippen LogP contribution in [0.4, 0.5) is 4.39 Å². The maximum atomic E-state index is 13.8. The Balaban J connectivity index is 1.97.